The maximum absolute atomic E-state index is 13.1. The Balaban J connectivity index is 1.34. The van der Waals surface area contributed by atoms with Crippen LogP contribution in [0.5, 0.6) is 0 Å². The van der Waals surface area contributed by atoms with Gasteiger partial charge in [-0.2, -0.15) is 0 Å². The number of anilines is 3. The number of halogens is 2. The average Bonchev–Trinajstić information content (AvgIpc) is 2.81. The van der Waals surface area contributed by atoms with Crippen LogP contribution >= 0.6 is 35.0 Å². The van der Waals surface area contributed by atoms with Gasteiger partial charge in [-0.3, -0.25) is 14.6 Å². The van der Waals surface area contributed by atoms with Gasteiger partial charge in [-0.25, -0.2) is 9.97 Å². The summed E-state index contributed by atoms with van der Waals surface area (Å²) >= 11 is 14.1. The molecule has 0 saturated carbocycles. The van der Waals surface area contributed by atoms with Crippen molar-refractivity contribution in [3.63, 3.8) is 0 Å². The van der Waals surface area contributed by atoms with Gasteiger partial charge in [-0.05, 0) is 54.8 Å². The maximum Gasteiger partial charge on any atom is 0.263 e. The first kappa shape index (κ1) is 22.5. The Bertz CT molecular complexity index is 1200. The lowest BCUT2D eigenvalue weighted by Crippen LogP contribution is -2.35. The van der Waals surface area contributed by atoms with E-state index in [1.807, 2.05) is 0 Å². The molecule has 5 rings (SSSR count). The molecule has 0 bridgehead atoms. The summed E-state index contributed by atoms with van der Waals surface area (Å²) in [7, 11) is 0. The monoisotopic (exact) mass is 499 g/mol. The Hall–Kier alpha value is -2.32. The largest absolute Gasteiger partial charge is 0.324 e. The lowest BCUT2D eigenvalue weighted by molar-refractivity contribution is 0.0985. The topological polar surface area (TPSA) is 61.4 Å². The zero-order valence-corrected chi connectivity index (χ0v) is 20.5. The summed E-state index contributed by atoms with van der Waals surface area (Å²) in [4.78, 5) is 26.2. The van der Waals surface area contributed by atoms with Gasteiger partial charge in [-0.15, -0.1) is 0 Å². The quantitative estimate of drug-likeness (QED) is 0.434. The van der Waals surface area contributed by atoms with Gasteiger partial charge in [0.2, 0.25) is 5.95 Å². The molecule has 33 heavy (non-hydrogen) atoms. The van der Waals surface area contributed by atoms with Crippen molar-refractivity contribution in [1.82, 2.24) is 14.9 Å². The van der Waals surface area contributed by atoms with Crippen LogP contribution in [0.1, 0.15) is 34.8 Å². The predicted octanol–water partition coefficient (Wildman–Crippen LogP) is 6.01. The van der Waals surface area contributed by atoms with Gasteiger partial charge in [0.15, 0.2) is 0 Å². The van der Waals surface area contributed by atoms with Gasteiger partial charge in [0.1, 0.15) is 5.03 Å². The van der Waals surface area contributed by atoms with Crippen molar-refractivity contribution in [3.8, 4) is 0 Å². The Kier molecular flexibility index (Phi) is 6.47. The highest BCUT2D eigenvalue weighted by molar-refractivity contribution is 7.99. The highest BCUT2D eigenvalue weighted by Gasteiger charge is 2.30. The number of hydrogen-bond acceptors (Lipinski definition) is 6. The normalized spacial score (nSPS) is 15.8. The molecule has 0 unspecified atom stereocenters. The van der Waals surface area contributed by atoms with E-state index in [4.69, 9.17) is 23.2 Å². The average molecular weight is 500 g/mol. The van der Waals surface area contributed by atoms with Gasteiger partial charge in [0.25, 0.3) is 5.91 Å². The van der Waals surface area contributed by atoms with E-state index in [2.05, 4.69) is 45.3 Å². The number of para-hydroxylation sites is 1. The molecule has 2 aliphatic heterocycles. The summed E-state index contributed by atoms with van der Waals surface area (Å²) in [6, 6.07) is 11.6. The van der Waals surface area contributed by atoms with E-state index in [0.717, 1.165) is 31.7 Å². The lowest BCUT2D eigenvalue weighted by Gasteiger charge is -2.29. The Morgan fingerprint density at radius 1 is 1.15 bits per heavy atom. The van der Waals surface area contributed by atoms with Crippen molar-refractivity contribution in [2.45, 2.75) is 31.3 Å². The molecule has 0 saturated heterocycles. The first-order chi connectivity index (χ1) is 16.0. The molecule has 0 radical (unpaired) electrons. The molecule has 0 aliphatic carbocycles. The standard InChI is InChI=1S/C24H23Cl2N5OS/c1-2-9-30-10-8-15-11-17(7-6-16(15)13-30)28-24-27-12-18-22(29-24)33-14-31(23(18)32)21-19(25)4-3-5-20(21)26/h3-7,11-12H,2,8-10,13-14H2,1H3,(H,27,28,29). The summed E-state index contributed by atoms with van der Waals surface area (Å²) in [6.45, 7) is 5.45. The van der Waals surface area contributed by atoms with Crippen LogP contribution in [0.25, 0.3) is 0 Å². The number of hydrogen-bond donors (Lipinski definition) is 1. The Morgan fingerprint density at radius 3 is 2.76 bits per heavy atom. The fourth-order valence-electron chi connectivity index (χ4n) is 4.25. The second-order valence-corrected chi connectivity index (χ2v) is 9.87. The molecule has 1 amide bonds. The second-order valence-electron chi connectivity index (χ2n) is 8.12. The van der Waals surface area contributed by atoms with Crippen LogP contribution in [0.2, 0.25) is 10.0 Å². The SMILES string of the molecule is CCCN1CCc2cc(Nc3ncc4c(n3)SCN(c3c(Cl)cccc3Cl)C4=O)ccc2C1. The summed E-state index contributed by atoms with van der Waals surface area (Å²) < 4.78 is 0. The number of rotatable bonds is 5. The summed E-state index contributed by atoms with van der Waals surface area (Å²) in [6.07, 6.45) is 3.78. The number of amides is 1. The third-order valence-electron chi connectivity index (χ3n) is 5.86. The molecule has 3 heterocycles. The molecule has 3 aromatic rings. The van der Waals surface area contributed by atoms with Crippen molar-refractivity contribution in [3.05, 3.63) is 69.3 Å². The molecule has 0 fully saturated rings. The fourth-order valence-corrected chi connectivity index (χ4v) is 5.80. The van der Waals surface area contributed by atoms with E-state index in [9.17, 15) is 4.79 Å². The molecule has 2 aromatic carbocycles. The predicted molar refractivity (Wildman–Crippen MR) is 135 cm³/mol. The van der Waals surface area contributed by atoms with Crippen LogP contribution in [0.3, 0.4) is 0 Å². The maximum atomic E-state index is 13.1. The lowest BCUT2D eigenvalue weighted by atomic mass is 9.99. The number of carbonyl (C=O) groups excluding carboxylic acids is 1. The van der Waals surface area contributed by atoms with Crippen LogP contribution in [0.4, 0.5) is 17.3 Å². The number of aromatic nitrogens is 2. The van der Waals surface area contributed by atoms with Crippen molar-refractivity contribution >= 4 is 58.2 Å². The summed E-state index contributed by atoms with van der Waals surface area (Å²) in [5, 5.41) is 4.81. The van der Waals surface area contributed by atoms with Crippen LogP contribution in [0, 0.1) is 0 Å². The van der Waals surface area contributed by atoms with E-state index in [1.165, 1.54) is 29.3 Å². The van der Waals surface area contributed by atoms with Gasteiger partial charge in [0.05, 0.1) is 27.2 Å². The van der Waals surface area contributed by atoms with E-state index < -0.39 is 0 Å². The van der Waals surface area contributed by atoms with Gasteiger partial charge in [-0.1, -0.05) is 54.0 Å². The first-order valence-electron chi connectivity index (χ1n) is 10.9. The van der Waals surface area contributed by atoms with Crippen LogP contribution in [0.15, 0.2) is 47.6 Å². The van der Waals surface area contributed by atoms with Gasteiger partial charge in [0, 0.05) is 25.0 Å². The number of carbonyl (C=O) groups is 1. The van der Waals surface area contributed by atoms with Crippen LogP contribution < -0.4 is 10.2 Å². The molecule has 9 heteroatoms. The van der Waals surface area contributed by atoms with Crippen molar-refractivity contribution in [2.75, 3.05) is 29.2 Å². The highest BCUT2D eigenvalue weighted by atomic mass is 35.5. The molecule has 170 valence electrons. The smallest absolute Gasteiger partial charge is 0.263 e. The zero-order chi connectivity index (χ0) is 22.9. The van der Waals surface area contributed by atoms with Crippen molar-refractivity contribution < 1.29 is 4.79 Å². The van der Waals surface area contributed by atoms with Crippen molar-refractivity contribution in [1.29, 1.82) is 0 Å². The molecular formula is C24H23Cl2N5OS. The summed E-state index contributed by atoms with van der Waals surface area (Å²) in [5.74, 6) is 0.635. The Labute approximate surface area is 207 Å². The minimum absolute atomic E-state index is 0.212. The molecule has 0 atom stereocenters. The number of fused-ring (bicyclic) bond motifs is 2. The minimum Gasteiger partial charge on any atom is -0.324 e. The van der Waals surface area contributed by atoms with Crippen molar-refractivity contribution in [2.24, 2.45) is 0 Å². The third kappa shape index (κ3) is 4.55. The van der Waals surface area contributed by atoms with E-state index in [-0.39, 0.29) is 5.91 Å². The van der Waals surface area contributed by atoms with E-state index >= 15 is 0 Å². The molecule has 2 aliphatic rings. The molecule has 1 aromatic heterocycles. The molecule has 1 N–H and O–H groups in total. The van der Waals surface area contributed by atoms with Gasteiger partial charge >= 0.3 is 0 Å². The fraction of sp³-hybridized carbons (Fsp3) is 0.292. The first-order valence-corrected chi connectivity index (χ1v) is 12.6. The zero-order valence-electron chi connectivity index (χ0n) is 18.1. The van der Waals surface area contributed by atoms with Gasteiger partial charge < -0.3 is 5.32 Å². The number of nitrogens with zero attached hydrogens (tertiary/aromatic N) is 4. The third-order valence-corrected chi connectivity index (χ3v) is 7.44. The number of nitrogens with one attached hydrogen (secondary N) is 1. The number of thioether (sulfide) groups is 1. The van der Waals surface area contributed by atoms with Crippen LogP contribution in [-0.2, 0) is 13.0 Å². The van der Waals surface area contributed by atoms with E-state index in [0.29, 0.717) is 38.1 Å². The summed E-state index contributed by atoms with van der Waals surface area (Å²) in [5.41, 5.74) is 4.65. The second kappa shape index (κ2) is 9.50. The molecular weight excluding hydrogens is 477 g/mol. The highest BCUT2D eigenvalue weighted by Crippen LogP contribution is 2.39. The number of benzene rings is 2. The molecule has 6 nitrogen and oxygen atoms in total. The minimum atomic E-state index is -0.212. The van der Waals surface area contributed by atoms with Crippen LogP contribution in [-0.4, -0.2) is 39.7 Å². The van der Waals surface area contributed by atoms with E-state index in [1.54, 1.807) is 29.3 Å². The molecule has 0 spiro atoms. The Morgan fingerprint density at radius 2 is 1.97 bits per heavy atom.